The van der Waals surface area contributed by atoms with Crippen LogP contribution >= 0.6 is 0 Å². The third-order valence-electron chi connectivity index (χ3n) is 5.80. The molecule has 3 heterocycles. The van der Waals surface area contributed by atoms with Gasteiger partial charge in [-0.05, 0) is 43.9 Å². The van der Waals surface area contributed by atoms with E-state index in [1.807, 2.05) is 12.3 Å². The number of nitrogens with one attached hydrogen (secondary N) is 1. The van der Waals surface area contributed by atoms with Gasteiger partial charge in [0.05, 0.1) is 17.8 Å². The maximum absolute atomic E-state index is 6.30. The number of aromatic nitrogens is 5. The number of hydrogen-bond donors (Lipinski definition) is 1. The van der Waals surface area contributed by atoms with Gasteiger partial charge in [-0.3, -0.25) is 4.40 Å². The predicted octanol–water partition coefficient (Wildman–Crippen LogP) is 4.27. The van der Waals surface area contributed by atoms with E-state index in [0.717, 1.165) is 47.6 Å². The van der Waals surface area contributed by atoms with Crippen LogP contribution < -0.4 is 4.74 Å². The van der Waals surface area contributed by atoms with Crippen molar-refractivity contribution in [3.05, 3.63) is 54.1 Å². The van der Waals surface area contributed by atoms with Crippen molar-refractivity contribution in [3.63, 3.8) is 0 Å². The molecular weight excluding hydrogens is 338 g/mol. The summed E-state index contributed by atoms with van der Waals surface area (Å²) in [5.41, 5.74) is 3.94. The van der Waals surface area contributed by atoms with Crippen molar-refractivity contribution in [2.45, 2.75) is 45.1 Å². The second-order valence-corrected chi connectivity index (χ2v) is 7.52. The van der Waals surface area contributed by atoms with Crippen LogP contribution in [-0.2, 0) is 0 Å². The van der Waals surface area contributed by atoms with Crippen LogP contribution in [0.3, 0.4) is 0 Å². The van der Waals surface area contributed by atoms with Crippen molar-refractivity contribution in [2.75, 3.05) is 0 Å². The number of benzene rings is 1. The van der Waals surface area contributed by atoms with Crippen LogP contribution in [-0.4, -0.2) is 30.7 Å². The van der Waals surface area contributed by atoms with E-state index in [1.54, 1.807) is 6.20 Å². The summed E-state index contributed by atoms with van der Waals surface area (Å²) < 4.78 is 8.45. The van der Waals surface area contributed by atoms with Crippen LogP contribution in [0.5, 0.6) is 5.75 Å². The smallest absolute Gasteiger partial charge is 0.179 e. The Morgan fingerprint density at radius 2 is 2.00 bits per heavy atom. The number of ether oxygens (including phenoxy) is 1. The Bertz CT molecular complexity index is 1080. The highest BCUT2D eigenvalue weighted by Crippen LogP contribution is 2.42. The molecule has 0 spiro atoms. The molecule has 1 aromatic carbocycles. The summed E-state index contributed by atoms with van der Waals surface area (Å²) in [6.07, 6.45) is 7.02. The van der Waals surface area contributed by atoms with E-state index in [0.29, 0.717) is 11.8 Å². The van der Waals surface area contributed by atoms with Crippen molar-refractivity contribution < 1.29 is 4.74 Å². The lowest BCUT2D eigenvalue weighted by Gasteiger charge is -2.15. The number of aryl methyl sites for hydroxylation is 1. The Morgan fingerprint density at radius 3 is 2.81 bits per heavy atom. The highest BCUT2D eigenvalue weighted by atomic mass is 16.5. The Morgan fingerprint density at radius 1 is 1.15 bits per heavy atom. The minimum atomic E-state index is 0.207. The van der Waals surface area contributed by atoms with Crippen molar-refractivity contribution in [1.82, 2.24) is 24.6 Å². The predicted molar refractivity (Wildman–Crippen MR) is 104 cm³/mol. The van der Waals surface area contributed by atoms with E-state index in [1.165, 1.54) is 5.56 Å². The average molecular weight is 361 g/mol. The Kier molecular flexibility index (Phi) is 3.85. The van der Waals surface area contributed by atoms with Gasteiger partial charge >= 0.3 is 0 Å². The first-order chi connectivity index (χ1) is 13.2. The molecule has 0 radical (unpaired) electrons. The first-order valence-electron chi connectivity index (χ1n) is 9.63. The molecule has 27 heavy (non-hydrogen) atoms. The molecule has 1 aliphatic carbocycles. The van der Waals surface area contributed by atoms with E-state index in [-0.39, 0.29) is 6.10 Å². The first kappa shape index (κ1) is 16.3. The molecule has 0 saturated heterocycles. The molecule has 1 N–H and O–H groups in total. The lowest BCUT2D eigenvalue weighted by Crippen LogP contribution is -2.12. The van der Waals surface area contributed by atoms with Crippen LogP contribution in [0.15, 0.2) is 42.7 Å². The second kappa shape index (κ2) is 6.37. The number of fused-ring (bicyclic) bond motifs is 3. The molecule has 0 unspecified atom stereocenters. The van der Waals surface area contributed by atoms with Gasteiger partial charge in [0.25, 0.3) is 0 Å². The van der Waals surface area contributed by atoms with Crippen molar-refractivity contribution in [3.8, 4) is 5.75 Å². The standard InChI is InChI=1S/C21H23N5O/c1-3-14-10-16(27-15-6-4-13(2)5-7-15)11-17(14)21-25-24-19-12-23-20-18(26(19)21)8-9-22-20/h4-9,12,14,16-17,22H,3,10-11H2,1-2H3/t14-,16-,17+/m1/s1. The maximum atomic E-state index is 6.30. The third-order valence-corrected chi connectivity index (χ3v) is 5.80. The lowest BCUT2D eigenvalue weighted by atomic mass is 9.93. The third kappa shape index (κ3) is 2.76. The van der Waals surface area contributed by atoms with E-state index in [2.05, 4.69) is 62.7 Å². The largest absolute Gasteiger partial charge is 0.490 e. The van der Waals surface area contributed by atoms with Crippen molar-refractivity contribution in [2.24, 2.45) is 5.92 Å². The van der Waals surface area contributed by atoms with Crippen LogP contribution in [0.25, 0.3) is 16.8 Å². The topological polar surface area (TPSA) is 68.1 Å². The highest BCUT2D eigenvalue weighted by Gasteiger charge is 2.38. The van der Waals surface area contributed by atoms with E-state index < -0.39 is 0 Å². The molecule has 0 amide bonds. The fourth-order valence-electron chi connectivity index (χ4n) is 4.38. The first-order valence-corrected chi connectivity index (χ1v) is 9.63. The minimum Gasteiger partial charge on any atom is -0.490 e. The summed E-state index contributed by atoms with van der Waals surface area (Å²) in [6, 6.07) is 10.4. The quantitative estimate of drug-likeness (QED) is 0.589. The zero-order valence-corrected chi connectivity index (χ0v) is 15.6. The Labute approximate surface area is 157 Å². The highest BCUT2D eigenvalue weighted by molar-refractivity contribution is 5.74. The Hall–Kier alpha value is -2.89. The number of nitrogens with zero attached hydrogens (tertiary/aromatic N) is 4. The molecule has 1 aliphatic rings. The van der Waals surface area contributed by atoms with Gasteiger partial charge in [-0.25, -0.2) is 4.98 Å². The summed E-state index contributed by atoms with van der Waals surface area (Å²) in [5.74, 6) is 2.85. The monoisotopic (exact) mass is 361 g/mol. The normalized spacial score (nSPS) is 22.7. The molecule has 0 aliphatic heterocycles. The SMILES string of the molecule is CC[C@@H]1C[C@@H](Oc2ccc(C)cc2)C[C@@H]1c1nnc2cnc3[nH]ccc3n12. The van der Waals surface area contributed by atoms with Gasteiger partial charge in [-0.2, -0.15) is 0 Å². The van der Waals surface area contributed by atoms with Gasteiger partial charge in [0, 0.05) is 12.1 Å². The zero-order valence-electron chi connectivity index (χ0n) is 15.6. The molecule has 138 valence electrons. The number of H-pyrrole nitrogens is 1. The molecule has 6 nitrogen and oxygen atoms in total. The molecule has 4 aromatic rings. The van der Waals surface area contributed by atoms with Gasteiger partial charge in [0.2, 0.25) is 0 Å². The van der Waals surface area contributed by atoms with E-state index >= 15 is 0 Å². The molecule has 6 heteroatoms. The van der Waals surface area contributed by atoms with Gasteiger partial charge in [0.1, 0.15) is 11.6 Å². The second-order valence-electron chi connectivity index (χ2n) is 7.52. The van der Waals surface area contributed by atoms with Gasteiger partial charge in [0.15, 0.2) is 11.3 Å². The summed E-state index contributed by atoms with van der Waals surface area (Å²) in [5, 5.41) is 8.94. The summed E-state index contributed by atoms with van der Waals surface area (Å²) >= 11 is 0. The van der Waals surface area contributed by atoms with Gasteiger partial charge in [-0.15, -0.1) is 10.2 Å². The maximum Gasteiger partial charge on any atom is 0.179 e. The molecular formula is C21H23N5O. The van der Waals surface area contributed by atoms with Crippen LogP contribution in [0.1, 0.15) is 43.5 Å². The zero-order chi connectivity index (χ0) is 18.4. The molecule has 3 aromatic heterocycles. The molecule has 1 fully saturated rings. The summed E-state index contributed by atoms with van der Waals surface area (Å²) in [6.45, 7) is 4.35. The van der Waals surface area contributed by atoms with Crippen LogP contribution in [0.2, 0.25) is 0 Å². The van der Waals surface area contributed by atoms with Crippen LogP contribution in [0.4, 0.5) is 0 Å². The number of aromatic amines is 1. The van der Waals surface area contributed by atoms with Gasteiger partial charge in [-0.1, -0.05) is 31.0 Å². The molecule has 1 saturated carbocycles. The fourth-order valence-corrected chi connectivity index (χ4v) is 4.38. The molecule has 5 rings (SSSR count). The fraction of sp³-hybridized carbons (Fsp3) is 0.381. The Balaban J connectivity index is 1.48. The average Bonchev–Trinajstić information content (AvgIpc) is 3.39. The van der Waals surface area contributed by atoms with E-state index in [9.17, 15) is 0 Å². The summed E-state index contributed by atoms with van der Waals surface area (Å²) in [7, 11) is 0. The lowest BCUT2D eigenvalue weighted by molar-refractivity contribution is 0.203. The van der Waals surface area contributed by atoms with Crippen molar-refractivity contribution in [1.29, 1.82) is 0 Å². The summed E-state index contributed by atoms with van der Waals surface area (Å²) in [4.78, 5) is 7.60. The van der Waals surface area contributed by atoms with E-state index in [4.69, 9.17) is 4.74 Å². The molecule has 0 bridgehead atoms. The number of hydrogen-bond acceptors (Lipinski definition) is 4. The molecule has 3 atom stereocenters. The van der Waals surface area contributed by atoms with Crippen molar-refractivity contribution >= 4 is 16.8 Å². The van der Waals surface area contributed by atoms with Gasteiger partial charge < -0.3 is 9.72 Å². The van der Waals surface area contributed by atoms with Crippen LogP contribution in [0, 0.1) is 12.8 Å². The minimum absolute atomic E-state index is 0.207. The number of rotatable bonds is 4.